The monoisotopic (exact) mass is 454 g/mol. The van der Waals surface area contributed by atoms with Gasteiger partial charge in [0.15, 0.2) is 0 Å². The van der Waals surface area contributed by atoms with Gasteiger partial charge in [-0.1, -0.05) is 42.5 Å². The highest BCUT2D eigenvalue weighted by atomic mass is 32.2. The zero-order chi connectivity index (χ0) is 22.3. The standard InChI is InChI=1S/C25H24F2N2O2S/c26-21-10-8-18(9-11-21)13-28-14-20-16-29(32(30,31)23-6-3-5-22(27)12-23)15-19-4-1-2-7-24(19)25(20)17-28/h1-12,20,25H,13-17H2. The van der Waals surface area contributed by atoms with Crippen LogP contribution in [0.3, 0.4) is 0 Å². The molecule has 7 heteroatoms. The van der Waals surface area contributed by atoms with E-state index in [0.29, 0.717) is 13.1 Å². The molecule has 4 nitrogen and oxygen atoms in total. The Bertz CT molecular complexity index is 1230. The van der Waals surface area contributed by atoms with Crippen LogP contribution in [0.4, 0.5) is 8.78 Å². The van der Waals surface area contributed by atoms with Crippen LogP contribution >= 0.6 is 0 Å². The van der Waals surface area contributed by atoms with E-state index in [2.05, 4.69) is 11.0 Å². The molecule has 3 aromatic carbocycles. The molecule has 3 aromatic rings. The van der Waals surface area contributed by atoms with Gasteiger partial charge in [-0.15, -0.1) is 0 Å². The predicted octanol–water partition coefficient (Wildman–Crippen LogP) is 4.38. The molecule has 0 N–H and O–H groups in total. The number of sulfonamides is 1. The quantitative estimate of drug-likeness (QED) is 0.587. The summed E-state index contributed by atoms with van der Waals surface area (Å²) in [6, 6.07) is 19.7. The van der Waals surface area contributed by atoms with Crippen molar-refractivity contribution in [1.82, 2.24) is 9.21 Å². The molecule has 0 amide bonds. The van der Waals surface area contributed by atoms with Crippen molar-refractivity contribution in [2.45, 2.75) is 23.9 Å². The van der Waals surface area contributed by atoms with Gasteiger partial charge in [0.1, 0.15) is 11.6 Å². The molecule has 0 saturated carbocycles. The highest BCUT2D eigenvalue weighted by Crippen LogP contribution is 2.40. The second-order valence-electron chi connectivity index (χ2n) is 8.64. The van der Waals surface area contributed by atoms with E-state index < -0.39 is 15.8 Å². The van der Waals surface area contributed by atoms with E-state index >= 15 is 0 Å². The molecule has 0 aromatic heterocycles. The number of fused-ring (bicyclic) bond motifs is 3. The van der Waals surface area contributed by atoms with Crippen LogP contribution < -0.4 is 0 Å². The first-order chi connectivity index (χ1) is 15.4. The van der Waals surface area contributed by atoms with Crippen LogP contribution in [0.15, 0.2) is 77.7 Å². The lowest BCUT2D eigenvalue weighted by Crippen LogP contribution is -2.35. The SMILES string of the molecule is O=S(=O)(c1cccc(F)c1)N1Cc2ccccc2C2CN(Cc3ccc(F)cc3)CC2C1. The minimum atomic E-state index is -3.84. The third kappa shape index (κ3) is 4.08. The van der Waals surface area contributed by atoms with Gasteiger partial charge in [0.05, 0.1) is 4.90 Å². The van der Waals surface area contributed by atoms with Gasteiger partial charge in [0, 0.05) is 38.6 Å². The second-order valence-corrected chi connectivity index (χ2v) is 10.6. The van der Waals surface area contributed by atoms with Gasteiger partial charge in [0.25, 0.3) is 0 Å². The summed E-state index contributed by atoms with van der Waals surface area (Å²) in [6.07, 6.45) is 0. The Hall–Kier alpha value is -2.61. The van der Waals surface area contributed by atoms with Crippen LogP contribution in [0.2, 0.25) is 0 Å². The number of nitrogens with zero attached hydrogens (tertiary/aromatic N) is 2. The predicted molar refractivity (Wildman–Crippen MR) is 118 cm³/mol. The molecule has 0 spiro atoms. The number of benzene rings is 3. The van der Waals surface area contributed by atoms with E-state index in [1.165, 1.54) is 40.2 Å². The maximum absolute atomic E-state index is 13.8. The van der Waals surface area contributed by atoms with Crippen LogP contribution in [-0.4, -0.2) is 37.3 Å². The number of rotatable bonds is 4. The molecular formula is C25H24F2N2O2S. The van der Waals surface area contributed by atoms with E-state index in [9.17, 15) is 17.2 Å². The molecule has 1 fully saturated rings. The zero-order valence-corrected chi connectivity index (χ0v) is 18.3. The van der Waals surface area contributed by atoms with Crippen molar-refractivity contribution >= 4 is 10.0 Å². The van der Waals surface area contributed by atoms with Gasteiger partial charge in [-0.2, -0.15) is 4.31 Å². The average molecular weight is 455 g/mol. The molecule has 0 radical (unpaired) electrons. The van der Waals surface area contributed by atoms with Crippen molar-refractivity contribution in [2.24, 2.45) is 5.92 Å². The molecule has 2 heterocycles. The van der Waals surface area contributed by atoms with Crippen molar-refractivity contribution in [3.05, 3.63) is 101 Å². The number of hydrogen-bond acceptors (Lipinski definition) is 3. The van der Waals surface area contributed by atoms with Crippen LogP contribution in [0.25, 0.3) is 0 Å². The zero-order valence-electron chi connectivity index (χ0n) is 17.5. The van der Waals surface area contributed by atoms with Crippen LogP contribution in [-0.2, 0) is 23.1 Å². The summed E-state index contributed by atoms with van der Waals surface area (Å²) < 4.78 is 55.3. The summed E-state index contributed by atoms with van der Waals surface area (Å²) >= 11 is 0. The fourth-order valence-corrected chi connectivity index (χ4v) is 6.50. The van der Waals surface area contributed by atoms with E-state index in [1.54, 1.807) is 12.1 Å². The fourth-order valence-electron chi connectivity index (χ4n) is 4.99. The minimum absolute atomic E-state index is 0.0189. The van der Waals surface area contributed by atoms with Crippen molar-refractivity contribution in [2.75, 3.05) is 19.6 Å². The number of halogens is 2. The molecule has 0 bridgehead atoms. The summed E-state index contributed by atoms with van der Waals surface area (Å²) in [5.41, 5.74) is 3.19. The molecule has 5 rings (SSSR count). The van der Waals surface area contributed by atoms with E-state index in [4.69, 9.17) is 0 Å². The molecule has 2 aliphatic rings. The van der Waals surface area contributed by atoms with Gasteiger partial charge >= 0.3 is 0 Å². The third-order valence-electron chi connectivity index (χ3n) is 6.51. The molecule has 2 unspecified atom stereocenters. The number of likely N-dealkylation sites (tertiary alicyclic amines) is 1. The first-order valence-electron chi connectivity index (χ1n) is 10.7. The van der Waals surface area contributed by atoms with Gasteiger partial charge in [-0.3, -0.25) is 4.90 Å². The topological polar surface area (TPSA) is 40.6 Å². The maximum Gasteiger partial charge on any atom is 0.243 e. The molecule has 0 aliphatic carbocycles. The summed E-state index contributed by atoms with van der Waals surface area (Å²) in [4.78, 5) is 2.28. The van der Waals surface area contributed by atoms with Gasteiger partial charge in [0.2, 0.25) is 10.0 Å². The summed E-state index contributed by atoms with van der Waals surface area (Å²) in [6.45, 7) is 2.89. The average Bonchev–Trinajstić information content (AvgIpc) is 3.10. The highest BCUT2D eigenvalue weighted by Gasteiger charge is 2.41. The lowest BCUT2D eigenvalue weighted by Gasteiger charge is -2.24. The Morgan fingerprint density at radius 2 is 1.62 bits per heavy atom. The van der Waals surface area contributed by atoms with Gasteiger partial charge in [-0.05, 0) is 52.9 Å². The summed E-state index contributed by atoms with van der Waals surface area (Å²) in [5.74, 6) is -0.500. The van der Waals surface area contributed by atoms with Crippen molar-refractivity contribution in [3.8, 4) is 0 Å². The minimum Gasteiger partial charge on any atom is -0.298 e. The lowest BCUT2D eigenvalue weighted by atomic mass is 9.87. The summed E-state index contributed by atoms with van der Waals surface area (Å²) in [7, 11) is -3.84. The van der Waals surface area contributed by atoms with Crippen LogP contribution in [0, 0.1) is 17.6 Å². The molecule has 166 valence electrons. The fraction of sp³-hybridized carbons (Fsp3) is 0.280. The van der Waals surface area contributed by atoms with E-state index in [1.807, 2.05) is 18.2 Å². The maximum atomic E-state index is 13.8. The molecule has 1 saturated heterocycles. The van der Waals surface area contributed by atoms with Crippen molar-refractivity contribution in [3.63, 3.8) is 0 Å². The van der Waals surface area contributed by atoms with Crippen molar-refractivity contribution < 1.29 is 17.2 Å². The number of hydrogen-bond donors (Lipinski definition) is 0. The van der Waals surface area contributed by atoms with Crippen LogP contribution in [0.1, 0.15) is 22.6 Å². The Morgan fingerprint density at radius 1 is 0.844 bits per heavy atom. The first kappa shape index (κ1) is 21.2. The van der Waals surface area contributed by atoms with Gasteiger partial charge in [-0.25, -0.2) is 17.2 Å². The smallest absolute Gasteiger partial charge is 0.243 e. The lowest BCUT2D eigenvalue weighted by molar-refractivity contribution is 0.293. The Labute approximate surface area is 187 Å². The second kappa shape index (κ2) is 8.39. The summed E-state index contributed by atoms with van der Waals surface area (Å²) in [5, 5.41) is 0. The van der Waals surface area contributed by atoms with Gasteiger partial charge < -0.3 is 0 Å². The van der Waals surface area contributed by atoms with Crippen molar-refractivity contribution in [1.29, 1.82) is 0 Å². The highest BCUT2D eigenvalue weighted by molar-refractivity contribution is 7.89. The first-order valence-corrected chi connectivity index (χ1v) is 12.1. The Kier molecular flexibility index (Phi) is 5.57. The normalized spacial score (nSPS) is 21.7. The largest absolute Gasteiger partial charge is 0.298 e. The Balaban J connectivity index is 1.45. The molecule has 2 aliphatic heterocycles. The molecular weight excluding hydrogens is 430 g/mol. The van der Waals surface area contributed by atoms with E-state index in [-0.39, 0.29) is 29.1 Å². The molecule has 2 atom stereocenters. The third-order valence-corrected chi connectivity index (χ3v) is 8.32. The van der Waals surface area contributed by atoms with Crippen LogP contribution in [0.5, 0.6) is 0 Å². The van der Waals surface area contributed by atoms with E-state index in [0.717, 1.165) is 30.3 Å². The molecule has 32 heavy (non-hydrogen) atoms. The Morgan fingerprint density at radius 3 is 2.41 bits per heavy atom.